The smallest absolute Gasteiger partial charge is 0.337 e. The molecule has 112 valence electrons. The quantitative estimate of drug-likeness (QED) is 0.913. The molecule has 0 saturated heterocycles. The topological polar surface area (TPSA) is 55.1 Å². The van der Waals surface area contributed by atoms with Gasteiger partial charge in [-0.15, -0.1) is 0 Å². The van der Waals surface area contributed by atoms with Gasteiger partial charge in [0.05, 0.1) is 17.4 Å². The molecule has 0 amide bonds. The van der Waals surface area contributed by atoms with Crippen LogP contribution in [0.3, 0.4) is 0 Å². The number of carboxylic acid groups (broad SMARTS) is 1. The Morgan fingerprint density at radius 2 is 2.14 bits per heavy atom. The van der Waals surface area contributed by atoms with Gasteiger partial charge in [0, 0.05) is 6.04 Å². The van der Waals surface area contributed by atoms with E-state index in [9.17, 15) is 9.90 Å². The number of rotatable bonds is 4. The monoisotopic (exact) mass is 286 g/mol. The van der Waals surface area contributed by atoms with Gasteiger partial charge in [0.2, 0.25) is 0 Å². The molecule has 1 N–H and O–H groups in total. The maximum atomic E-state index is 11.3. The first kappa shape index (κ1) is 14.1. The minimum Gasteiger partial charge on any atom is -0.478 e. The summed E-state index contributed by atoms with van der Waals surface area (Å²) in [6, 6.07) is 5.86. The number of carbonyl (C=O) groups is 1. The molecule has 1 aliphatic carbocycles. The molecule has 4 heteroatoms. The lowest BCUT2D eigenvalue weighted by Crippen LogP contribution is -2.20. The summed E-state index contributed by atoms with van der Waals surface area (Å²) in [7, 11) is 0. The van der Waals surface area contributed by atoms with E-state index in [1.165, 1.54) is 32.1 Å². The van der Waals surface area contributed by atoms with Crippen molar-refractivity contribution in [2.45, 2.75) is 51.5 Å². The predicted octanol–water partition coefficient (Wildman–Crippen LogP) is 4.27. The fourth-order valence-electron chi connectivity index (χ4n) is 3.77. The molecule has 0 spiro atoms. The number of imidazole rings is 1. The van der Waals surface area contributed by atoms with Crippen LogP contribution in [0.4, 0.5) is 0 Å². The fraction of sp³-hybridized carbons (Fsp3) is 0.529. The molecular formula is C17H22N2O2. The Labute approximate surface area is 124 Å². The normalized spacial score (nSPS) is 18.0. The fourth-order valence-corrected chi connectivity index (χ4v) is 3.77. The molecule has 1 saturated carbocycles. The molecule has 1 aromatic carbocycles. The van der Waals surface area contributed by atoms with Gasteiger partial charge in [0.1, 0.15) is 5.52 Å². The zero-order valence-corrected chi connectivity index (χ0v) is 12.5. The zero-order valence-electron chi connectivity index (χ0n) is 12.5. The van der Waals surface area contributed by atoms with Crippen LogP contribution in [0.15, 0.2) is 24.5 Å². The molecule has 0 radical (unpaired) electrons. The lowest BCUT2D eigenvalue weighted by atomic mass is 9.82. The number of carboxylic acids is 1. The zero-order chi connectivity index (χ0) is 14.8. The molecule has 0 aliphatic heterocycles. The summed E-state index contributed by atoms with van der Waals surface area (Å²) < 4.78 is 2.21. The van der Waals surface area contributed by atoms with Crippen LogP contribution in [0.5, 0.6) is 0 Å². The van der Waals surface area contributed by atoms with Crippen molar-refractivity contribution in [3.63, 3.8) is 0 Å². The lowest BCUT2D eigenvalue weighted by Gasteiger charge is -2.31. The van der Waals surface area contributed by atoms with Gasteiger partial charge >= 0.3 is 5.97 Å². The van der Waals surface area contributed by atoms with Gasteiger partial charge in [-0.1, -0.05) is 32.3 Å². The number of benzene rings is 1. The highest BCUT2D eigenvalue weighted by Crippen LogP contribution is 2.36. The number of hydrogen-bond acceptors (Lipinski definition) is 2. The maximum Gasteiger partial charge on any atom is 0.337 e. The molecule has 2 aromatic rings. The van der Waals surface area contributed by atoms with Crippen LogP contribution in [0, 0.1) is 5.92 Å². The van der Waals surface area contributed by atoms with Gasteiger partial charge in [-0.2, -0.15) is 0 Å². The summed E-state index contributed by atoms with van der Waals surface area (Å²) in [6.07, 6.45) is 9.42. The van der Waals surface area contributed by atoms with E-state index in [0.717, 1.165) is 11.9 Å². The number of fused-ring (bicyclic) bond motifs is 1. The molecule has 1 fully saturated rings. The van der Waals surface area contributed by atoms with E-state index in [1.807, 2.05) is 18.5 Å². The summed E-state index contributed by atoms with van der Waals surface area (Å²) in [5, 5.41) is 9.29. The van der Waals surface area contributed by atoms with Gasteiger partial charge < -0.3 is 9.67 Å². The van der Waals surface area contributed by atoms with Crippen LogP contribution >= 0.6 is 0 Å². The van der Waals surface area contributed by atoms with Crippen molar-refractivity contribution in [3.8, 4) is 0 Å². The minimum atomic E-state index is -0.906. The van der Waals surface area contributed by atoms with E-state index in [1.54, 1.807) is 6.07 Å². The van der Waals surface area contributed by atoms with Crippen molar-refractivity contribution >= 4 is 17.0 Å². The van der Waals surface area contributed by atoms with Gasteiger partial charge in [-0.25, -0.2) is 9.78 Å². The first-order valence-electron chi connectivity index (χ1n) is 7.91. The second-order valence-electron chi connectivity index (χ2n) is 6.00. The van der Waals surface area contributed by atoms with Crippen molar-refractivity contribution in [2.24, 2.45) is 5.92 Å². The molecule has 0 bridgehead atoms. The highest BCUT2D eigenvalue weighted by Gasteiger charge is 2.25. The highest BCUT2D eigenvalue weighted by atomic mass is 16.4. The van der Waals surface area contributed by atoms with E-state index in [4.69, 9.17) is 0 Å². The third kappa shape index (κ3) is 2.55. The summed E-state index contributed by atoms with van der Waals surface area (Å²) in [4.78, 5) is 15.7. The Morgan fingerprint density at radius 1 is 1.38 bits per heavy atom. The molecule has 1 unspecified atom stereocenters. The van der Waals surface area contributed by atoms with Gasteiger partial charge in [0.25, 0.3) is 0 Å². The van der Waals surface area contributed by atoms with Crippen LogP contribution in [0.2, 0.25) is 0 Å². The Bertz CT molecular complexity index is 641. The first-order valence-corrected chi connectivity index (χ1v) is 7.91. The van der Waals surface area contributed by atoms with Crippen LogP contribution in [0.25, 0.3) is 11.0 Å². The Morgan fingerprint density at radius 3 is 2.81 bits per heavy atom. The molecule has 21 heavy (non-hydrogen) atoms. The van der Waals surface area contributed by atoms with E-state index >= 15 is 0 Å². The maximum absolute atomic E-state index is 11.3. The molecule has 3 rings (SSSR count). The van der Waals surface area contributed by atoms with E-state index < -0.39 is 5.97 Å². The standard InChI is InChI=1S/C17H22N2O2/c1-2-14(12-7-4-3-5-8-12)19-11-18-16-13(17(20)21)9-6-10-15(16)19/h6,9-12,14H,2-5,7-8H2,1H3,(H,20,21). The number of aromatic carboxylic acids is 1. The predicted molar refractivity (Wildman–Crippen MR) is 82.6 cm³/mol. The third-order valence-electron chi connectivity index (χ3n) is 4.80. The van der Waals surface area contributed by atoms with E-state index in [-0.39, 0.29) is 0 Å². The van der Waals surface area contributed by atoms with Crippen molar-refractivity contribution < 1.29 is 9.90 Å². The van der Waals surface area contributed by atoms with Gasteiger partial charge in [0.15, 0.2) is 0 Å². The van der Waals surface area contributed by atoms with Gasteiger partial charge in [-0.3, -0.25) is 0 Å². The number of hydrogen-bond donors (Lipinski definition) is 1. The third-order valence-corrected chi connectivity index (χ3v) is 4.80. The van der Waals surface area contributed by atoms with Gasteiger partial charge in [-0.05, 0) is 37.3 Å². The van der Waals surface area contributed by atoms with Crippen molar-refractivity contribution in [1.82, 2.24) is 9.55 Å². The Balaban J connectivity index is 2.02. The first-order chi connectivity index (χ1) is 10.2. The molecule has 1 atom stereocenters. The van der Waals surface area contributed by atoms with Crippen LogP contribution in [0.1, 0.15) is 61.8 Å². The van der Waals surface area contributed by atoms with Crippen LogP contribution < -0.4 is 0 Å². The van der Waals surface area contributed by atoms with E-state index in [2.05, 4.69) is 16.5 Å². The molecule has 1 aliphatic rings. The number of nitrogens with zero attached hydrogens (tertiary/aromatic N) is 2. The van der Waals surface area contributed by atoms with Crippen molar-refractivity contribution in [1.29, 1.82) is 0 Å². The summed E-state index contributed by atoms with van der Waals surface area (Å²) in [5.74, 6) is -0.216. The van der Waals surface area contributed by atoms with Crippen LogP contribution in [-0.2, 0) is 0 Å². The minimum absolute atomic E-state index is 0.296. The largest absolute Gasteiger partial charge is 0.478 e. The Kier molecular flexibility index (Phi) is 3.95. The summed E-state index contributed by atoms with van der Waals surface area (Å²) in [6.45, 7) is 2.21. The average molecular weight is 286 g/mol. The van der Waals surface area contributed by atoms with Crippen molar-refractivity contribution in [2.75, 3.05) is 0 Å². The molecule has 1 aromatic heterocycles. The molecule has 4 nitrogen and oxygen atoms in total. The number of para-hydroxylation sites is 1. The second-order valence-corrected chi connectivity index (χ2v) is 6.00. The second kappa shape index (κ2) is 5.88. The van der Waals surface area contributed by atoms with Crippen LogP contribution in [-0.4, -0.2) is 20.6 Å². The Hall–Kier alpha value is -1.84. The molecular weight excluding hydrogens is 264 g/mol. The summed E-state index contributed by atoms with van der Waals surface area (Å²) >= 11 is 0. The summed E-state index contributed by atoms with van der Waals surface area (Å²) in [5.41, 5.74) is 1.86. The van der Waals surface area contributed by atoms with E-state index in [0.29, 0.717) is 23.0 Å². The highest BCUT2D eigenvalue weighted by molar-refractivity contribution is 6.00. The number of aromatic nitrogens is 2. The molecule has 1 heterocycles. The average Bonchev–Trinajstić information content (AvgIpc) is 2.93. The lowest BCUT2D eigenvalue weighted by molar-refractivity contribution is 0.0699. The van der Waals surface area contributed by atoms with Crippen molar-refractivity contribution in [3.05, 3.63) is 30.1 Å². The SMILES string of the molecule is CCC(C1CCCCC1)n1cnc2c(C(=O)O)cccc21.